The number of hydrogen-bond acceptors (Lipinski definition) is 3. The zero-order chi connectivity index (χ0) is 17.1. The standard InChI is InChI=1S/C19H19NO4/c1-24-17-11-15(19(22)23)9-10-16(17)20-18(21)14-7-5-13(6-8-14)12-3-2-4-12/h5-12H,2-4H2,1H3,(H,20,21)(H,22,23). The number of amides is 1. The van der Waals surface area contributed by atoms with Crippen LogP contribution in [-0.4, -0.2) is 24.1 Å². The van der Waals surface area contributed by atoms with E-state index in [0.29, 0.717) is 22.9 Å². The van der Waals surface area contributed by atoms with Gasteiger partial charge in [0.05, 0.1) is 18.4 Å². The fraction of sp³-hybridized carbons (Fsp3) is 0.263. The van der Waals surface area contributed by atoms with Crippen LogP contribution in [0.25, 0.3) is 0 Å². The van der Waals surface area contributed by atoms with E-state index in [1.165, 1.54) is 50.1 Å². The fourth-order valence-electron chi connectivity index (χ4n) is 2.77. The average molecular weight is 325 g/mol. The molecule has 0 aliphatic heterocycles. The summed E-state index contributed by atoms with van der Waals surface area (Å²) in [6, 6.07) is 12.0. The molecule has 0 heterocycles. The van der Waals surface area contributed by atoms with E-state index in [1.807, 2.05) is 24.3 Å². The number of nitrogens with one attached hydrogen (secondary N) is 1. The fourth-order valence-corrected chi connectivity index (χ4v) is 2.77. The van der Waals surface area contributed by atoms with Crippen molar-refractivity contribution >= 4 is 17.6 Å². The highest BCUT2D eigenvalue weighted by atomic mass is 16.5. The largest absolute Gasteiger partial charge is 0.495 e. The molecule has 3 rings (SSSR count). The summed E-state index contributed by atoms with van der Waals surface area (Å²) in [7, 11) is 1.43. The molecule has 0 bridgehead atoms. The maximum absolute atomic E-state index is 12.4. The Morgan fingerprint density at radius 2 is 1.75 bits per heavy atom. The predicted octanol–water partition coefficient (Wildman–Crippen LogP) is 3.91. The van der Waals surface area contributed by atoms with E-state index in [4.69, 9.17) is 9.84 Å². The molecule has 2 aromatic rings. The third-order valence-corrected chi connectivity index (χ3v) is 4.45. The normalized spacial score (nSPS) is 13.9. The third kappa shape index (κ3) is 3.25. The van der Waals surface area contributed by atoms with Gasteiger partial charge in [-0.1, -0.05) is 18.6 Å². The van der Waals surface area contributed by atoms with Gasteiger partial charge in [-0.25, -0.2) is 4.79 Å². The Labute approximate surface area is 140 Å². The second-order valence-corrected chi connectivity index (χ2v) is 5.92. The Bertz CT molecular complexity index is 763. The summed E-state index contributed by atoms with van der Waals surface area (Å²) in [5.41, 5.74) is 2.38. The number of aromatic carboxylic acids is 1. The summed E-state index contributed by atoms with van der Waals surface area (Å²) in [6.07, 6.45) is 3.72. The molecule has 1 amide bonds. The summed E-state index contributed by atoms with van der Waals surface area (Å²) >= 11 is 0. The van der Waals surface area contributed by atoms with Crippen molar-refractivity contribution in [3.05, 3.63) is 59.2 Å². The van der Waals surface area contributed by atoms with Gasteiger partial charge in [0.2, 0.25) is 0 Å². The lowest BCUT2D eigenvalue weighted by Crippen LogP contribution is -2.14. The number of benzene rings is 2. The molecule has 5 heteroatoms. The molecule has 0 atom stereocenters. The van der Waals surface area contributed by atoms with Crippen LogP contribution in [0.4, 0.5) is 5.69 Å². The van der Waals surface area contributed by atoms with Gasteiger partial charge in [0, 0.05) is 5.56 Å². The summed E-state index contributed by atoms with van der Waals surface area (Å²) in [5, 5.41) is 11.8. The molecular weight excluding hydrogens is 306 g/mol. The van der Waals surface area contributed by atoms with E-state index < -0.39 is 5.97 Å². The molecule has 124 valence electrons. The van der Waals surface area contributed by atoms with Gasteiger partial charge in [-0.2, -0.15) is 0 Å². The van der Waals surface area contributed by atoms with E-state index in [1.54, 1.807) is 0 Å². The number of carboxylic acid groups (broad SMARTS) is 1. The quantitative estimate of drug-likeness (QED) is 0.874. The molecule has 0 unspecified atom stereocenters. The minimum Gasteiger partial charge on any atom is -0.495 e. The molecule has 0 aromatic heterocycles. The molecule has 1 fully saturated rings. The summed E-state index contributed by atoms with van der Waals surface area (Å²) in [4.78, 5) is 23.4. The van der Waals surface area contributed by atoms with Gasteiger partial charge >= 0.3 is 5.97 Å². The zero-order valence-electron chi connectivity index (χ0n) is 13.4. The molecular formula is C19H19NO4. The number of ether oxygens (including phenoxy) is 1. The van der Waals surface area contributed by atoms with Crippen molar-refractivity contribution in [2.75, 3.05) is 12.4 Å². The Kier molecular flexibility index (Phi) is 4.51. The van der Waals surface area contributed by atoms with Crippen LogP contribution < -0.4 is 10.1 Å². The highest BCUT2D eigenvalue weighted by molar-refractivity contribution is 6.05. The van der Waals surface area contributed by atoms with Crippen molar-refractivity contribution in [2.24, 2.45) is 0 Å². The molecule has 0 radical (unpaired) electrons. The Morgan fingerprint density at radius 3 is 2.29 bits per heavy atom. The first kappa shape index (κ1) is 16.1. The van der Waals surface area contributed by atoms with E-state index in [-0.39, 0.29) is 11.5 Å². The Morgan fingerprint density at radius 1 is 1.08 bits per heavy atom. The number of anilines is 1. The molecule has 1 aliphatic carbocycles. The smallest absolute Gasteiger partial charge is 0.335 e. The Hall–Kier alpha value is -2.82. The first-order valence-corrected chi connectivity index (χ1v) is 7.91. The van der Waals surface area contributed by atoms with Crippen LogP contribution in [0.3, 0.4) is 0 Å². The van der Waals surface area contributed by atoms with Gasteiger partial charge in [-0.05, 0) is 54.7 Å². The van der Waals surface area contributed by atoms with E-state index in [2.05, 4.69) is 5.32 Å². The van der Waals surface area contributed by atoms with Crippen molar-refractivity contribution in [1.29, 1.82) is 0 Å². The number of rotatable bonds is 5. The number of methoxy groups -OCH3 is 1. The van der Waals surface area contributed by atoms with Crippen molar-refractivity contribution in [2.45, 2.75) is 25.2 Å². The van der Waals surface area contributed by atoms with E-state index in [0.717, 1.165) is 0 Å². The zero-order valence-corrected chi connectivity index (χ0v) is 13.4. The lowest BCUT2D eigenvalue weighted by molar-refractivity contribution is 0.0696. The number of hydrogen-bond donors (Lipinski definition) is 2. The highest BCUT2D eigenvalue weighted by Gasteiger charge is 2.19. The number of carboxylic acids is 1. The van der Waals surface area contributed by atoms with Gasteiger partial charge in [0.25, 0.3) is 5.91 Å². The highest BCUT2D eigenvalue weighted by Crippen LogP contribution is 2.36. The van der Waals surface area contributed by atoms with Crippen LogP contribution in [0.5, 0.6) is 5.75 Å². The van der Waals surface area contributed by atoms with Crippen molar-refractivity contribution in [3.8, 4) is 5.75 Å². The van der Waals surface area contributed by atoms with E-state index in [9.17, 15) is 9.59 Å². The van der Waals surface area contributed by atoms with Crippen LogP contribution in [0.2, 0.25) is 0 Å². The molecule has 0 saturated heterocycles. The van der Waals surface area contributed by atoms with Crippen molar-refractivity contribution in [1.82, 2.24) is 0 Å². The molecule has 2 N–H and O–H groups in total. The lowest BCUT2D eigenvalue weighted by atomic mass is 9.80. The molecule has 0 spiro atoms. The topological polar surface area (TPSA) is 75.6 Å². The van der Waals surface area contributed by atoms with Crippen LogP contribution in [0.1, 0.15) is 51.5 Å². The maximum Gasteiger partial charge on any atom is 0.335 e. The summed E-state index contributed by atoms with van der Waals surface area (Å²) in [5.74, 6) is -0.352. The van der Waals surface area contributed by atoms with Crippen molar-refractivity contribution in [3.63, 3.8) is 0 Å². The van der Waals surface area contributed by atoms with Gasteiger partial charge in [-0.15, -0.1) is 0 Å². The Balaban J connectivity index is 1.75. The molecule has 2 aromatic carbocycles. The van der Waals surface area contributed by atoms with Crippen LogP contribution >= 0.6 is 0 Å². The van der Waals surface area contributed by atoms with Gasteiger partial charge < -0.3 is 15.2 Å². The average Bonchev–Trinajstić information content (AvgIpc) is 2.54. The predicted molar refractivity (Wildman–Crippen MR) is 90.9 cm³/mol. The monoisotopic (exact) mass is 325 g/mol. The van der Waals surface area contributed by atoms with Crippen LogP contribution in [0.15, 0.2) is 42.5 Å². The molecule has 5 nitrogen and oxygen atoms in total. The minimum atomic E-state index is -1.04. The second-order valence-electron chi connectivity index (χ2n) is 5.92. The van der Waals surface area contributed by atoms with Crippen LogP contribution in [-0.2, 0) is 0 Å². The third-order valence-electron chi connectivity index (χ3n) is 4.45. The first-order chi connectivity index (χ1) is 11.6. The van der Waals surface area contributed by atoms with E-state index >= 15 is 0 Å². The molecule has 1 aliphatic rings. The molecule has 24 heavy (non-hydrogen) atoms. The number of carbonyl (C=O) groups excluding carboxylic acids is 1. The van der Waals surface area contributed by atoms with Gasteiger partial charge in [0.15, 0.2) is 0 Å². The van der Waals surface area contributed by atoms with Crippen LogP contribution in [0, 0.1) is 0 Å². The second kappa shape index (κ2) is 6.74. The lowest BCUT2D eigenvalue weighted by Gasteiger charge is -2.25. The number of carbonyl (C=O) groups is 2. The summed E-state index contributed by atoms with van der Waals surface area (Å²) in [6.45, 7) is 0. The minimum absolute atomic E-state index is 0.106. The van der Waals surface area contributed by atoms with Crippen molar-refractivity contribution < 1.29 is 19.4 Å². The molecule has 1 saturated carbocycles. The maximum atomic E-state index is 12.4. The summed E-state index contributed by atoms with van der Waals surface area (Å²) < 4.78 is 5.17. The first-order valence-electron chi connectivity index (χ1n) is 7.91. The SMILES string of the molecule is COc1cc(C(=O)O)ccc1NC(=O)c1ccc(C2CCC2)cc1. The van der Waals surface area contributed by atoms with Gasteiger partial charge in [-0.3, -0.25) is 4.79 Å². The van der Waals surface area contributed by atoms with Gasteiger partial charge in [0.1, 0.15) is 5.75 Å².